The molecule has 0 radical (unpaired) electrons. The van der Waals surface area contributed by atoms with Crippen LogP contribution in [0.1, 0.15) is 6.92 Å². The van der Waals surface area contributed by atoms with E-state index in [-0.39, 0.29) is 6.54 Å². The third-order valence-corrected chi connectivity index (χ3v) is 4.02. The van der Waals surface area contributed by atoms with E-state index in [2.05, 4.69) is 22.9 Å². The van der Waals surface area contributed by atoms with Gasteiger partial charge in [0.1, 0.15) is 6.54 Å². The van der Waals surface area contributed by atoms with Gasteiger partial charge in [0.25, 0.3) is 0 Å². The van der Waals surface area contributed by atoms with E-state index in [4.69, 9.17) is 5.11 Å². The number of fused-ring (bicyclic) bond motifs is 1. The molecule has 0 saturated carbocycles. The molecule has 0 fully saturated rings. The summed E-state index contributed by atoms with van der Waals surface area (Å²) in [6.07, 6.45) is 0. The van der Waals surface area contributed by atoms with Gasteiger partial charge in [-0.2, -0.15) is 0 Å². The van der Waals surface area contributed by atoms with Crippen LogP contribution in [-0.2, 0) is 4.79 Å². The molecule has 1 aromatic rings. The van der Waals surface area contributed by atoms with E-state index in [1.165, 1.54) is 0 Å². The highest BCUT2D eigenvalue weighted by molar-refractivity contribution is 9.10. The van der Waals surface area contributed by atoms with Crippen LogP contribution >= 0.6 is 27.7 Å². The van der Waals surface area contributed by atoms with Gasteiger partial charge >= 0.3 is 5.97 Å². The van der Waals surface area contributed by atoms with Crippen molar-refractivity contribution in [3.05, 3.63) is 22.7 Å². The normalized spacial score (nSPS) is 19.4. The van der Waals surface area contributed by atoms with Crippen molar-refractivity contribution < 1.29 is 9.90 Å². The number of aliphatic carboxylic acids is 1. The Bertz CT molecular complexity index is 424. The fourth-order valence-electron chi connectivity index (χ4n) is 1.82. The second-order valence-electron chi connectivity index (χ2n) is 3.81. The smallest absolute Gasteiger partial charge is 0.323 e. The molecule has 1 heterocycles. The summed E-state index contributed by atoms with van der Waals surface area (Å²) >= 11 is 5.23. The van der Waals surface area contributed by atoms with Gasteiger partial charge < -0.3 is 10.0 Å². The van der Waals surface area contributed by atoms with Gasteiger partial charge in [0.15, 0.2) is 0 Å². The predicted molar refractivity (Wildman–Crippen MR) is 69.3 cm³/mol. The molecule has 3 nitrogen and oxygen atoms in total. The minimum Gasteiger partial charge on any atom is -0.480 e. The van der Waals surface area contributed by atoms with Crippen molar-refractivity contribution in [2.75, 3.05) is 18.0 Å². The molecule has 5 heteroatoms. The number of carboxylic acid groups (broad SMARTS) is 1. The highest BCUT2D eigenvalue weighted by atomic mass is 79.9. The first-order valence-corrected chi connectivity index (χ1v) is 6.66. The van der Waals surface area contributed by atoms with Crippen LogP contribution in [0.5, 0.6) is 0 Å². The molecule has 1 aromatic carbocycles. The molecule has 0 bridgehead atoms. The van der Waals surface area contributed by atoms with Crippen molar-refractivity contribution in [3.63, 3.8) is 0 Å². The van der Waals surface area contributed by atoms with Crippen molar-refractivity contribution in [1.29, 1.82) is 0 Å². The highest BCUT2D eigenvalue weighted by Crippen LogP contribution is 2.39. The number of halogens is 1. The Labute approximate surface area is 107 Å². The van der Waals surface area contributed by atoms with E-state index < -0.39 is 5.97 Å². The fraction of sp³-hybridized carbons (Fsp3) is 0.364. The number of thioether (sulfide) groups is 1. The molecule has 0 amide bonds. The molecular formula is C11H12BrNO2S. The van der Waals surface area contributed by atoms with Crippen molar-refractivity contribution >= 4 is 39.3 Å². The van der Waals surface area contributed by atoms with E-state index >= 15 is 0 Å². The van der Waals surface area contributed by atoms with Crippen molar-refractivity contribution in [3.8, 4) is 0 Å². The number of nitrogens with zero attached hydrogens (tertiary/aromatic N) is 1. The molecule has 2 rings (SSSR count). The zero-order valence-corrected chi connectivity index (χ0v) is 11.2. The van der Waals surface area contributed by atoms with Gasteiger partial charge in [-0.1, -0.05) is 22.9 Å². The number of rotatable bonds is 2. The Morgan fingerprint density at radius 1 is 1.69 bits per heavy atom. The quantitative estimate of drug-likeness (QED) is 0.912. The van der Waals surface area contributed by atoms with E-state index in [0.717, 1.165) is 21.6 Å². The molecular weight excluding hydrogens is 290 g/mol. The Kier molecular flexibility index (Phi) is 3.44. The Morgan fingerprint density at radius 2 is 2.44 bits per heavy atom. The number of hydrogen-bond donors (Lipinski definition) is 1. The fourth-order valence-corrected chi connectivity index (χ4v) is 3.53. The van der Waals surface area contributed by atoms with E-state index in [0.29, 0.717) is 5.25 Å². The van der Waals surface area contributed by atoms with Gasteiger partial charge in [-0.25, -0.2) is 0 Å². The second-order valence-corrected chi connectivity index (χ2v) is 6.21. The third kappa shape index (κ3) is 2.52. The molecule has 1 aliphatic heterocycles. The average molecular weight is 302 g/mol. The lowest BCUT2D eigenvalue weighted by Crippen LogP contribution is -2.37. The summed E-state index contributed by atoms with van der Waals surface area (Å²) in [5.74, 6) is -0.784. The minimum atomic E-state index is -0.784. The summed E-state index contributed by atoms with van der Waals surface area (Å²) in [5.41, 5.74) is 1.02. The maximum Gasteiger partial charge on any atom is 0.323 e. The van der Waals surface area contributed by atoms with Crippen LogP contribution in [0.4, 0.5) is 5.69 Å². The zero-order valence-electron chi connectivity index (χ0n) is 8.81. The molecule has 1 N–H and O–H groups in total. The van der Waals surface area contributed by atoms with Gasteiger partial charge in [0, 0.05) is 21.2 Å². The molecule has 0 aromatic heterocycles. The monoisotopic (exact) mass is 301 g/mol. The first kappa shape index (κ1) is 11.8. The van der Waals surface area contributed by atoms with Gasteiger partial charge in [0.2, 0.25) is 0 Å². The lowest BCUT2D eigenvalue weighted by molar-refractivity contribution is -0.135. The van der Waals surface area contributed by atoms with Crippen LogP contribution in [-0.4, -0.2) is 29.4 Å². The summed E-state index contributed by atoms with van der Waals surface area (Å²) in [6, 6.07) is 5.97. The van der Waals surface area contributed by atoms with Gasteiger partial charge in [0.05, 0.1) is 5.69 Å². The van der Waals surface area contributed by atoms with Crippen molar-refractivity contribution in [1.82, 2.24) is 0 Å². The van der Waals surface area contributed by atoms with Crippen LogP contribution in [0, 0.1) is 0 Å². The minimum absolute atomic E-state index is 0.0690. The van der Waals surface area contributed by atoms with Gasteiger partial charge in [-0.3, -0.25) is 4.79 Å². The maximum absolute atomic E-state index is 10.8. The molecule has 0 aliphatic carbocycles. The van der Waals surface area contributed by atoms with E-state index in [1.54, 1.807) is 11.8 Å². The molecule has 1 aliphatic rings. The molecule has 1 unspecified atom stereocenters. The van der Waals surface area contributed by atoms with Gasteiger partial charge in [-0.15, -0.1) is 11.8 Å². The summed E-state index contributed by atoms with van der Waals surface area (Å²) in [5, 5.41) is 9.29. The van der Waals surface area contributed by atoms with Crippen molar-refractivity contribution in [2.24, 2.45) is 0 Å². The molecule has 1 atom stereocenters. The topological polar surface area (TPSA) is 40.5 Å². The zero-order chi connectivity index (χ0) is 11.7. The van der Waals surface area contributed by atoms with Crippen LogP contribution in [0.2, 0.25) is 0 Å². The Hall–Kier alpha value is -0.680. The van der Waals surface area contributed by atoms with E-state index in [9.17, 15) is 4.79 Å². The molecule has 86 valence electrons. The van der Waals surface area contributed by atoms with Gasteiger partial charge in [-0.05, 0) is 18.2 Å². The van der Waals surface area contributed by atoms with Crippen molar-refractivity contribution in [2.45, 2.75) is 17.1 Å². The Morgan fingerprint density at radius 3 is 3.12 bits per heavy atom. The Balaban J connectivity index is 2.34. The number of anilines is 1. The number of carboxylic acids is 1. The van der Waals surface area contributed by atoms with Crippen LogP contribution in [0.15, 0.2) is 27.6 Å². The van der Waals surface area contributed by atoms with Crippen LogP contribution < -0.4 is 4.90 Å². The second kappa shape index (κ2) is 4.67. The lowest BCUT2D eigenvalue weighted by Gasteiger charge is -2.33. The van der Waals surface area contributed by atoms with Crippen LogP contribution in [0.3, 0.4) is 0 Å². The lowest BCUT2D eigenvalue weighted by atomic mass is 10.2. The molecule has 16 heavy (non-hydrogen) atoms. The summed E-state index contributed by atoms with van der Waals surface area (Å²) in [4.78, 5) is 13.9. The predicted octanol–water partition coefficient (Wildman–Crippen LogP) is 2.83. The standard InChI is InChI=1S/C11H12BrNO2S/c1-7-5-13(6-11(14)15)9-3-2-8(12)4-10(9)16-7/h2-4,7H,5-6H2,1H3,(H,14,15). The largest absolute Gasteiger partial charge is 0.480 e. The number of carbonyl (C=O) groups is 1. The number of hydrogen-bond acceptors (Lipinski definition) is 3. The third-order valence-electron chi connectivity index (χ3n) is 2.39. The highest BCUT2D eigenvalue weighted by Gasteiger charge is 2.23. The first-order chi connectivity index (χ1) is 7.56. The number of benzene rings is 1. The SMILES string of the molecule is CC1CN(CC(=O)O)c2ccc(Br)cc2S1. The summed E-state index contributed by atoms with van der Waals surface area (Å²) in [7, 11) is 0. The summed E-state index contributed by atoms with van der Waals surface area (Å²) in [6.45, 7) is 2.97. The molecule has 0 spiro atoms. The molecule has 0 saturated heterocycles. The van der Waals surface area contributed by atoms with Crippen LogP contribution in [0.25, 0.3) is 0 Å². The summed E-state index contributed by atoms with van der Waals surface area (Å²) < 4.78 is 1.03. The maximum atomic E-state index is 10.8. The average Bonchev–Trinajstić information content (AvgIpc) is 2.15. The first-order valence-electron chi connectivity index (χ1n) is 4.99. The van der Waals surface area contributed by atoms with E-state index in [1.807, 2.05) is 23.1 Å².